The SMILES string of the molecule is O=C(O)N(Cc1ccccc1)C1CCCCC1[N+](=O)[O-]. The van der Waals surface area contributed by atoms with E-state index in [2.05, 4.69) is 0 Å². The quantitative estimate of drug-likeness (QED) is 0.678. The number of hydrogen-bond acceptors (Lipinski definition) is 3. The van der Waals surface area contributed by atoms with Gasteiger partial charge in [-0.15, -0.1) is 0 Å². The van der Waals surface area contributed by atoms with Gasteiger partial charge >= 0.3 is 6.09 Å². The van der Waals surface area contributed by atoms with Gasteiger partial charge in [0, 0.05) is 17.9 Å². The molecule has 1 aliphatic carbocycles. The first-order chi connectivity index (χ1) is 9.59. The van der Waals surface area contributed by atoms with E-state index in [1.165, 1.54) is 4.90 Å². The molecule has 1 saturated carbocycles. The highest BCUT2D eigenvalue weighted by molar-refractivity contribution is 5.65. The van der Waals surface area contributed by atoms with Gasteiger partial charge in [0.15, 0.2) is 0 Å². The maximum Gasteiger partial charge on any atom is 0.408 e. The molecule has 1 aromatic carbocycles. The number of amides is 1. The lowest BCUT2D eigenvalue weighted by Gasteiger charge is -2.33. The second-order valence-electron chi connectivity index (χ2n) is 5.10. The van der Waals surface area contributed by atoms with E-state index in [-0.39, 0.29) is 11.5 Å². The fourth-order valence-corrected chi connectivity index (χ4v) is 2.81. The monoisotopic (exact) mass is 278 g/mol. The molecule has 0 heterocycles. The van der Waals surface area contributed by atoms with E-state index in [1.807, 2.05) is 30.3 Å². The normalized spacial score (nSPS) is 22.2. The predicted molar refractivity (Wildman–Crippen MR) is 73.0 cm³/mol. The number of hydrogen-bond donors (Lipinski definition) is 1. The first-order valence-electron chi connectivity index (χ1n) is 6.76. The summed E-state index contributed by atoms with van der Waals surface area (Å²) in [6.07, 6.45) is 1.56. The number of carboxylic acid groups (broad SMARTS) is 1. The van der Waals surface area contributed by atoms with E-state index >= 15 is 0 Å². The van der Waals surface area contributed by atoms with E-state index < -0.39 is 18.2 Å². The highest BCUT2D eigenvalue weighted by atomic mass is 16.6. The van der Waals surface area contributed by atoms with Crippen LogP contribution in [0, 0.1) is 10.1 Å². The van der Waals surface area contributed by atoms with E-state index in [1.54, 1.807) is 0 Å². The molecule has 1 aromatic rings. The van der Waals surface area contributed by atoms with Crippen LogP contribution in [0.3, 0.4) is 0 Å². The van der Waals surface area contributed by atoms with Gasteiger partial charge in [-0.05, 0) is 18.4 Å². The zero-order valence-electron chi connectivity index (χ0n) is 11.1. The average Bonchev–Trinajstić information content (AvgIpc) is 2.45. The first kappa shape index (κ1) is 14.3. The van der Waals surface area contributed by atoms with E-state index in [4.69, 9.17) is 0 Å². The van der Waals surface area contributed by atoms with Crippen LogP contribution >= 0.6 is 0 Å². The molecule has 0 saturated heterocycles. The lowest BCUT2D eigenvalue weighted by molar-refractivity contribution is -0.533. The maximum atomic E-state index is 11.5. The molecule has 108 valence electrons. The molecular formula is C14H18N2O4. The summed E-state index contributed by atoms with van der Waals surface area (Å²) in [7, 11) is 0. The third kappa shape index (κ3) is 3.26. The van der Waals surface area contributed by atoms with Crippen molar-refractivity contribution in [2.75, 3.05) is 0 Å². The van der Waals surface area contributed by atoms with Gasteiger partial charge in [0.2, 0.25) is 6.04 Å². The third-order valence-corrected chi connectivity index (χ3v) is 3.81. The molecule has 0 bridgehead atoms. The number of rotatable bonds is 4. The summed E-state index contributed by atoms with van der Waals surface area (Å²) in [5.74, 6) is 0. The van der Waals surface area contributed by atoms with Gasteiger partial charge in [0.1, 0.15) is 6.04 Å². The molecule has 2 rings (SSSR count). The minimum absolute atomic E-state index is 0.200. The first-order valence-corrected chi connectivity index (χ1v) is 6.76. The summed E-state index contributed by atoms with van der Waals surface area (Å²) in [6, 6.07) is 7.87. The van der Waals surface area contributed by atoms with Crippen LogP contribution in [0.25, 0.3) is 0 Å². The van der Waals surface area contributed by atoms with Gasteiger partial charge in [-0.2, -0.15) is 0 Å². The van der Waals surface area contributed by atoms with Crippen molar-refractivity contribution in [3.63, 3.8) is 0 Å². The molecule has 0 radical (unpaired) electrons. The van der Waals surface area contributed by atoms with Crippen LogP contribution in [0.2, 0.25) is 0 Å². The van der Waals surface area contributed by atoms with E-state index in [9.17, 15) is 20.0 Å². The average molecular weight is 278 g/mol. The van der Waals surface area contributed by atoms with E-state index in [0.717, 1.165) is 18.4 Å². The number of nitro groups is 1. The van der Waals surface area contributed by atoms with Gasteiger partial charge in [-0.3, -0.25) is 15.0 Å². The molecule has 6 heteroatoms. The number of benzene rings is 1. The topological polar surface area (TPSA) is 83.7 Å². The Balaban J connectivity index is 2.18. The summed E-state index contributed by atoms with van der Waals surface area (Å²) in [6.45, 7) is 0.200. The highest BCUT2D eigenvalue weighted by Gasteiger charge is 2.40. The molecule has 1 aliphatic rings. The molecule has 1 fully saturated rings. The molecule has 6 nitrogen and oxygen atoms in total. The Morgan fingerprint density at radius 2 is 1.95 bits per heavy atom. The van der Waals surface area contributed by atoms with Crippen molar-refractivity contribution < 1.29 is 14.8 Å². The second kappa shape index (κ2) is 6.36. The molecule has 1 N–H and O–H groups in total. The van der Waals surface area contributed by atoms with E-state index in [0.29, 0.717) is 12.8 Å². The van der Waals surface area contributed by atoms with Crippen LogP contribution in [0.4, 0.5) is 4.79 Å². The molecule has 2 atom stereocenters. The predicted octanol–water partition coefficient (Wildman–Crippen LogP) is 2.75. The van der Waals surface area contributed by atoms with Crippen molar-refractivity contribution in [3.05, 3.63) is 46.0 Å². The Labute approximate surface area is 117 Å². The highest BCUT2D eigenvalue weighted by Crippen LogP contribution is 2.26. The Morgan fingerprint density at radius 1 is 1.30 bits per heavy atom. The van der Waals surface area contributed by atoms with Crippen molar-refractivity contribution >= 4 is 6.09 Å². The van der Waals surface area contributed by atoms with Gasteiger partial charge in [0.25, 0.3) is 0 Å². The fraction of sp³-hybridized carbons (Fsp3) is 0.500. The van der Waals surface area contributed by atoms with Crippen LogP contribution in [0.15, 0.2) is 30.3 Å². The van der Waals surface area contributed by atoms with Gasteiger partial charge < -0.3 is 5.11 Å². The number of nitrogens with zero attached hydrogens (tertiary/aromatic N) is 2. The maximum absolute atomic E-state index is 11.5. The molecule has 0 aliphatic heterocycles. The van der Waals surface area contributed by atoms with Gasteiger partial charge in [-0.1, -0.05) is 36.8 Å². The van der Waals surface area contributed by atoms with Crippen molar-refractivity contribution in [1.29, 1.82) is 0 Å². The minimum Gasteiger partial charge on any atom is -0.465 e. The standard InChI is InChI=1S/C14H18N2O4/c17-14(18)15(10-11-6-2-1-3-7-11)12-8-4-5-9-13(12)16(19)20/h1-3,6-7,12-13H,4-5,8-10H2,(H,17,18). The Kier molecular flexibility index (Phi) is 4.55. The summed E-state index contributed by atoms with van der Waals surface area (Å²) >= 11 is 0. The van der Waals surface area contributed by atoms with Crippen molar-refractivity contribution in [2.45, 2.75) is 44.3 Å². The van der Waals surface area contributed by atoms with Crippen LogP contribution in [-0.4, -0.2) is 33.1 Å². The zero-order valence-corrected chi connectivity index (χ0v) is 11.1. The smallest absolute Gasteiger partial charge is 0.408 e. The zero-order chi connectivity index (χ0) is 14.5. The Hall–Kier alpha value is -2.11. The molecule has 0 aromatic heterocycles. The minimum atomic E-state index is -1.09. The molecule has 2 unspecified atom stereocenters. The van der Waals surface area contributed by atoms with Crippen LogP contribution in [0.1, 0.15) is 31.2 Å². The second-order valence-corrected chi connectivity index (χ2v) is 5.10. The van der Waals surface area contributed by atoms with Gasteiger partial charge in [-0.25, -0.2) is 4.79 Å². The summed E-state index contributed by atoms with van der Waals surface area (Å²) in [4.78, 5) is 23.5. The molecule has 1 amide bonds. The van der Waals surface area contributed by atoms with Crippen molar-refractivity contribution in [3.8, 4) is 0 Å². The van der Waals surface area contributed by atoms with Crippen LogP contribution in [0.5, 0.6) is 0 Å². The molecule has 0 spiro atoms. The molecule has 20 heavy (non-hydrogen) atoms. The van der Waals surface area contributed by atoms with Gasteiger partial charge in [0.05, 0.1) is 0 Å². The van der Waals surface area contributed by atoms with Crippen LogP contribution < -0.4 is 0 Å². The number of carbonyl (C=O) groups is 1. The lowest BCUT2D eigenvalue weighted by atomic mass is 9.89. The van der Waals surface area contributed by atoms with Crippen molar-refractivity contribution in [1.82, 2.24) is 4.90 Å². The largest absolute Gasteiger partial charge is 0.465 e. The third-order valence-electron chi connectivity index (χ3n) is 3.81. The summed E-state index contributed by atoms with van der Waals surface area (Å²) in [5.41, 5.74) is 0.850. The van der Waals surface area contributed by atoms with Crippen molar-refractivity contribution in [2.24, 2.45) is 0 Å². The summed E-state index contributed by atoms with van der Waals surface area (Å²) < 4.78 is 0. The fourth-order valence-electron chi connectivity index (χ4n) is 2.81. The van der Waals surface area contributed by atoms with Crippen LogP contribution in [-0.2, 0) is 6.54 Å². The lowest BCUT2D eigenvalue weighted by Crippen LogP contribution is -2.50. The Bertz CT molecular complexity index is 477. The molecular weight excluding hydrogens is 260 g/mol. The summed E-state index contributed by atoms with van der Waals surface area (Å²) in [5, 5.41) is 20.5. The Morgan fingerprint density at radius 3 is 2.55 bits per heavy atom.